The number of hydrogen-bond donors (Lipinski definition) is 0. The van der Waals surface area contributed by atoms with Crippen LogP contribution in [0.5, 0.6) is 0 Å². The van der Waals surface area contributed by atoms with Gasteiger partial charge in [-0.1, -0.05) is 91.0 Å². The van der Waals surface area contributed by atoms with Crippen molar-refractivity contribution in [3.8, 4) is 73.1 Å². The topological polar surface area (TPSA) is 85.2 Å². The van der Waals surface area contributed by atoms with Gasteiger partial charge in [-0.3, -0.25) is 19.9 Å². The predicted molar refractivity (Wildman–Crippen MR) is 258 cm³/mol. The normalized spacial score (nSPS) is 11.4. The highest BCUT2D eigenvalue weighted by molar-refractivity contribution is 6.15. The van der Waals surface area contributed by atoms with Gasteiger partial charge in [-0.25, -0.2) is 0 Å². The minimum Gasteiger partial charge on any atom is -0.309 e. The Hall–Kier alpha value is -8.99. The van der Waals surface area contributed by atoms with Crippen molar-refractivity contribution in [2.45, 2.75) is 0 Å². The smallest absolute Gasteiger partial charge is 0.101 e. The fourth-order valence-electron chi connectivity index (χ4n) is 9.66. The molecule has 6 heterocycles. The zero-order chi connectivity index (χ0) is 42.6. The lowest BCUT2D eigenvalue weighted by Gasteiger charge is -2.26. The molecule has 7 heteroatoms. The molecule has 0 N–H and O–H groups in total. The highest BCUT2D eigenvalue weighted by atomic mass is 15.0. The third kappa shape index (κ3) is 5.82. The molecule has 0 aliphatic rings. The Kier molecular flexibility index (Phi) is 8.73. The molecular formula is C57H35N7. The van der Waals surface area contributed by atoms with Crippen LogP contribution in [-0.4, -0.2) is 29.1 Å². The molecule has 12 rings (SSSR count). The van der Waals surface area contributed by atoms with E-state index in [-0.39, 0.29) is 0 Å². The first-order valence-electron chi connectivity index (χ1n) is 21.1. The summed E-state index contributed by atoms with van der Waals surface area (Å²) in [5.74, 6) is 0. The first-order valence-corrected chi connectivity index (χ1v) is 21.1. The lowest BCUT2D eigenvalue weighted by atomic mass is 9.80. The van der Waals surface area contributed by atoms with Crippen LogP contribution in [0.3, 0.4) is 0 Å². The van der Waals surface area contributed by atoms with Gasteiger partial charge in [-0.15, -0.1) is 0 Å². The molecule has 12 aromatic rings. The molecule has 0 unspecified atom stereocenters. The van der Waals surface area contributed by atoms with E-state index in [2.05, 4.69) is 163 Å². The largest absolute Gasteiger partial charge is 0.309 e. The van der Waals surface area contributed by atoms with Crippen LogP contribution in [0.15, 0.2) is 213 Å². The van der Waals surface area contributed by atoms with Crippen molar-refractivity contribution in [3.63, 3.8) is 0 Å². The minimum atomic E-state index is 0.507. The average molecular weight is 818 g/mol. The number of nitriles is 1. The van der Waals surface area contributed by atoms with Gasteiger partial charge in [-0.05, 0) is 83.9 Å². The van der Waals surface area contributed by atoms with Crippen LogP contribution in [0.4, 0.5) is 0 Å². The predicted octanol–water partition coefficient (Wildman–Crippen LogP) is 13.7. The van der Waals surface area contributed by atoms with Gasteiger partial charge in [0.1, 0.15) is 6.07 Å². The van der Waals surface area contributed by atoms with Gasteiger partial charge in [0.05, 0.1) is 33.3 Å². The maximum absolute atomic E-state index is 11.5. The number of hydrogen-bond acceptors (Lipinski definition) is 5. The number of fused-ring (bicyclic) bond motifs is 6. The minimum absolute atomic E-state index is 0.507. The zero-order valence-electron chi connectivity index (χ0n) is 34.3. The fraction of sp³-hybridized carbons (Fsp3) is 0. The molecule has 64 heavy (non-hydrogen) atoms. The summed E-state index contributed by atoms with van der Waals surface area (Å²) in [5.41, 5.74) is 15.7. The van der Waals surface area contributed by atoms with Gasteiger partial charge < -0.3 is 9.13 Å². The van der Waals surface area contributed by atoms with Gasteiger partial charge in [-0.2, -0.15) is 5.26 Å². The molecule has 6 aromatic heterocycles. The molecular weight excluding hydrogens is 783 g/mol. The van der Waals surface area contributed by atoms with E-state index in [1.54, 1.807) is 24.8 Å². The molecule has 7 nitrogen and oxygen atoms in total. The Labute approximate surface area is 368 Å². The molecule has 0 fully saturated rings. The van der Waals surface area contributed by atoms with E-state index in [1.165, 1.54) is 16.3 Å². The summed E-state index contributed by atoms with van der Waals surface area (Å²) < 4.78 is 4.68. The lowest BCUT2D eigenvalue weighted by Crippen LogP contribution is -2.07. The van der Waals surface area contributed by atoms with Crippen LogP contribution in [0.25, 0.3) is 111 Å². The first-order chi connectivity index (χ1) is 31.8. The van der Waals surface area contributed by atoms with Crippen molar-refractivity contribution in [3.05, 3.63) is 219 Å². The van der Waals surface area contributed by atoms with E-state index in [0.717, 1.165) is 94.3 Å². The maximum Gasteiger partial charge on any atom is 0.101 e. The second kappa shape index (κ2) is 15.2. The van der Waals surface area contributed by atoms with Crippen LogP contribution in [0, 0.1) is 11.3 Å². The van der Waals surface area contributed by atoms with Crippen LogP contribution in [-0.2, 0) is 0 Å². The fourth-order valence-corrected chi connectivity index (χ4v) is 9.66. The highest BCUT2D eigenvalue weighted by Gasteiger charge is 2.31. The number of aromatic nitrogens is 6. The Balaban J connectivity index is 1.19. The molecule has 0 aliphatic carbocycles. The molecule has 298 valence electrons. The van der Waals surface area contributed by atoms with E-state index >= 15 is 0 Å². The van der Waals surface area contributed by atoms with Crippen LogP contribution < -0.4 is 0 Å². The number of benzene rings is 6. The second-order valence-corrected chi connectivity index (χ2v) is 15.8. The Morgan fingerprint density at radius 3 is 1.30 bits per heavy atom. The first kappa shape index (κ1) is 36.8. The third-order valence-electron chi connectivity index (χ3n) is 12.3. The molecule has 0 atom stereocenters. The van der Waals surface area contributed by atoms with Crippen molar-refractivity contribution < 1.29 is 0 Å². The summed E-state index contributed by atoms with van der Waals surface area (Å²) in [7, 11) is 0. The summed E-state index contributed by atoms with van der Waals surface area (Å²) in [6.07, 6.45) is 14.5. The quantitative estimate of drug-likeness (QED) is 0.160. The van der Waals surface area contributed by atoms with Crippen molar-refractivity contribution in [2.75, 3.05) is 0 Å². The Morgan fingerprint density at radius 1 is 0.344 bits per heavy atom. The maximum atomic E-state index is 11.5. The van der Waals surface area contributed by atoms with Gasteiger partial charge in [0, 0.05) is 121 Å². The zero-order valence-corrected chi connectivity index (χ0v) is 34.3. The molecule has 0 saturated carbocycles. The molecule has 0 bridgehead atoms. The van der Waals surface area contributed by atoms with Crippen LogP contribution in [0.2, 0.25) is 0 Å². The van der Waals surface area contributed by atoms with Crippen molar-refractivity contribution in [1.82, 2.24) is 29.1 Å². The monoisotopic (exact) mass is 817 g/mol. The molecule has 0 saturated heterocycles. The summed E-state index contributed by atoms with van der Waals surface area (Å²) in [5, 5.41) is 16.1. The standard InChI is InChI=1S/C57H35N7/c58-32-48-53(39-12-8-26-59-33-39)55(41-14-10-28-61-35-41)56(42-15-11-29-62-36-42)57(54(48)40-13-9-27-60-34-40)64-50-21-7-5-19-45(50)47-31-38(23-25-52(47)64)37-22-24-51-46(30-37)44-18-4-6-20-49(44)63(51)43-16-2-1-3-17-43/h1-31,33-36H. The molecule has 0 spiro atoms. The van der Waals surface area contributed by atoms with Crippen molar-refractivity contribution >= 4 is 43.6 Å². The highest BCUT2D eigenvalue weighted by Crippen LogP contribution is 2.52. The van der Waals surface area contributed by atoms with E-state index in [4.69, 9.17) is 0 Å². The lowest BCUT2D eigenvalue weighted by molar-refractivity contribution is 1.17. The second-order valence-electron chi connectivity index (χ2n) is 15.8. The van der Waals surface area contributed by atoms with Crippen molar-refractivity contribution in [1.29, 1.82) is 5.26 Å². The van der Waals surface area contributed by atoms with Gasteiger partial charge >= 0.3 is 0 Å². The number of para-hydroxylation sites is 3. The number of pyridine rings is 4. The summed E-state index contributed by atoms with van der Waals surface area (Å²) in [6.45, 7) is 0. The molecule has 6 aromatic carbocycles. The van der Waals surface area contributed by atoms with Crippen LogP contribution >= 0.6 is 0 Å². The van der Waals surface area contributed by atoms with Crippen molar-refractivity contribution in [2.24, 2.45) is 0 Å². The van der Waals surface area contributed by atoms with Gasteiger partial charge in [0.15, 0.2) is 0 Å². The summed E-state index contributed by atoms with van der Waals surface area (Å²) in [4.78, 5) is 18.5. The molecule has 0 radical (unpaired) electrons. The SMILES string of the molecule is N#Cc1c(-c2cccnc2)c(-c2cccnc2)c(-c2cccnc2)c(-n2c3ccccc3c3cc(-c4ccc5c(c4)c4ccccc4n5-c4ccccc4)ccc32)c1-c1cccnc1. The summed E-state index contributed by atoms with van der Waals surface area (Å²) >= 11 is 0. The Bertz CT molecular complexity index is 3760. The number of rotatable bonds is 7. The van der Waals surface area contributed by atoms with Gasteiger partial charge in [0.2, 0.25) is 0 Å². The third-order valence-corrected chi connectivity index (χ3v) is 12.3. The van der Waals surface area contributed by atoms with E-state index in [0.29, 0.717) is 5.56 Å². The van der Waals surface area contributed by atoms with E-state index in [9.17, 15) is 5.26 Å². The van der Waals surface area contributed by atoms with E-state index in [1.807, 2.05) is 61.2 Å². The van der Waals surface area contributed by atoms with Gasteiger partial charge in [0.25, 0.3) is 0 Å². The Morgan fingerprint density at radius 2 is 0.781 bits per heavy atom. The average Bonchev–Trinajstić information content (AvgIpc) is 3.89. The summed E-state index contributed by atoms with van der Waals surface area (Å²) in [6, 6.07) is 60.0. The molecule has 0 amide bonds. The van der Waals surface area contributed by atoms with Crippen LogP contribution in [0.1, 0.15) is 5.56 Å². The number of nitrogens with zero attached hydrogens (tertiary/aromatic N) is 7. The van der Waals surface area contributed by atoms with E-state index < -0.39 is 0 Å². The molecule has 0 aliphatic heterocycles.